The average Bonchev–Trinajstić information content (AvgIpc) is 2.40. The molecule has 13 heavy (non-hydrogen) atoms. The van der Waals surface area contributed by atoms with E-state index in [0.717, 1.165) is 0 Å². The maximum Gasteiger partial charge on any atom is 0.251 e. The van der Waals surface area contributed by atoms with Crippen molar-refractivity contribution in [2.45, 2.75) is 19.3 Å². The van der Waals surface area contributed by atoms with E-state index in [1.165, 1.54) is 38.9 Å². The van der Waals surface area contributed by atoms with E-state index in [1.807, 2.05) is 0 Å². The van der Waals surface area contributed by atoms with Gasteiger partial charge in [-0.2, -0.15) is 0 Å². The second kappa shape index (κ2) is 3.58. The third-order valence-corrected chi connectivity index (χ3v) is 3.43. The van der Waals surface area contributed by atoms with Gasteiger partial charge in [0.1, 0.15) is 0 Å². The van der Waals surface area contributed by atoms with Crippen LogP contribution in [0.4, 0.5) is 0 Å². The van der Waals surface area contributed by atoms with Crippen molar-refractivity contribution in [2.75, 3.05) is 26.2 Å². The molecule has 74 valence electrons. The van der Waals surface area contributed by atoms with Gasteiger partial charge in [0.25, 0.3) is 4.81 Å². The number of hydrogen-bond donors (Lipinski definition) is 1. The Morgan fingerprint density at radius 2 is 2.31 bits per heavy atom. The van der Waals surface area contributed by atoms with Crippen LogP contribution in [0.5, 0.6) is 0 Å². The molecule has 1 N–H and O–H groups in total. The third kappa shape index (κ3) is 2.05. The van der Waals surface area contributed by atoms with Gasteiger partial charge >= 0.3 is 0 Å². The zero-order valence-electron chi connectivity index (χ0n) is 7.68. The van der Waals surface area contributed by atoms with Crippen LogP contribution in [0.25, 0.3) is 0 Å². The summed E-state index contributed by atoms with van der Waals surface area (Å²) in [6, 6.07) is 0. The minimum atomic E-state index is 0.172. The first-order chi connectivity index (χ1) is 6.20. The molecule has 0 spiro atoms. The Morgan fingerprint density at radius 3 is 3.08 bits per heavy atom. The lowest BCUT2D eigenvalue weighted by atomic mass is 9.82. The first-order valence-corrected chi connectivity index (χ1v) is 5.59. The van der Waals surface area contributed by atoms with E-state index in [4.69, 9.17) is 10.1 Å². The summed E-state index contributed by atoms with van der Waals surface area (Å²) >= 11 is 3.02. The highest BCUT2D eigenvalue weighted by molar-refractivity contribution is 9.18. The number of ether oxygens (including phenoxy) is 1. The smallest absolute Gasteiger partial charge is 0.251 e. The molecule has 2 unspecified atom stereocenters. The SMILES string of the molecule is N=C(Br)OCC12CCCN(CC1)C2. The minimum Gasteiger partial charge on any atom is -0.472 e. The standard InChI is InChI=1S/C9H15BrN2O/c10-8(11)13-7-9-2-1-4-12(6-9)5-3-9/h11H,1-7H2. The van der Waals surface area contributed by atoms with Crippen LogP contribution in [0, 0.1) is 10.8 Å². The van der Waals surface area contributed by atoms with Gasteiger partial charge in [-0.05, 0) is 32.4 Å². The van der Waals surface area contributed by atoms with Crippen molar-refractivity contribution in [3.8, 4) is 0 Å². The lowest BCUT2D eigenvalue weighted by molar-refractivity contribution is 0.103. The third-order valence-electron chi connectivity index (χ3n) is 3.20. The molecule has 0 aromatic heterocycles. The second-order valence-corrected chi connectivity index (χ2v) is 4.91. The minimum absolute atomic E-state index is 0.172. The van der Waals surface area contributed by atoms with Gasteiger partial charge in [-0.15, -0.1) is 0 Å². The highest BCUT2D eigenvalue weighted by atomic mass is 79.9. The van der Waals surface area contributed by atoms with Gasteiger partial charge < -0.3 is 9.64 Å². The van der Waals surface area contributed by atoms with E-state index < -0.39 is 0 Å². The largest absolute Gasteiger partial charge is 0.472 e. The molecular weight excluding hydrogens is 232 g/mol. The van der Waals surface area contributed by atoms with Gasteiger partial charge in [0.05, 0.1) is 6.61 Å². The van der Waals surface area contributed by atoms with Crippen LogP contribution < -0.4 is 0 Å². The van der Waals surface area contributed by atoms with Crippen molar-refractivity contribution in [1.29, 1.82) is 5.41 Å². The molecule has 0 aromatic carbocycles. The van der Waals surface area contributed by atoms with Gasteiger partial charge in [-0.1, -0.05) is 0 Å². The molecule has 2 atom stereocenters. The predicted molar refractivity (Wildman–Crippen MR) is 55.3 cm³/mol. The predicted octanol–water partition coefficient (Wildman–Crippen LogP) is 1.82. The molecule has 3 nitrogen and oxygen atoms in total. The lowest BCUT2D eigenvalue weighted by Gasteiger charge is -2.33. The van der Waals surface area contributed by atoms with Crippen LogP contribution in [0.2, 0.25) is 0 Å². The number of nitrogens with zero attached hydrogens (tertiary/aromatic N) is 1. The molecule has 2 heterocycles. The Balaban J connectivity index is 1.92. The zero-order valence-corrected chi connectivity index (χ0v) is 9.27. The summed E-state index contributed by atoms with van der Waals surface area (Å²) in [5, 5.41) is 7.17. The van der Waals surface area contributed by atoms with Gasteiger partial charge in [0, 0.05) is 27.9 Å². The molecule has 0 saturated carbocycles. The Morgan fingerprint density at radius 1 is 1.46 bits per heavy atom. The first-order valence-electron chi connectivity index (χ1n) is 4.79. The van der Waals surface area contributed by atoms with E-state index in [-0.39, 0.29) is 4.81 Å². The average molecular weight is 247 g/mol. The van der Waals surface area contributed by atoms with Crippen LogP contribution >= 0.6 is 15.9 Å². The maximum atomic E-state index is 7.17. The van der Waals surface area contributed by atoms with Crippen LogP contribution in [0.3, 0.4) is 0 Å². The monoisotopic (exact) mass is 246 g/mol. The Hall–Kier alpha value is -0.0900. The number of hydrogen-bond acceptors (Lipinski definition) is 3. The van der Waals surface area contributed by atoms with Crippen LogP contribution in [0.15, 0.2) is 0 Å². The van der Waals surface area contributed by atoms with Crippen molar-refractivity contribution >= 4 is 20.7 Å². The molecule has 2 fully saturated rings. The molecule has 2 aliphatic heterocycles. The van der Waals surface area contributed by atoms with E-state index in [9.17, 15) is 0 Å². The van der Waals surface area contributed by atoms with Crippen molar-refractivity contribution in [2.24, 2.45) is 5.41 Å². The van der Waals surface area contributed by atoms with E-state index in [2.05, 4.69) is 20.8 Å². The lowest BCUT2D eigenvalue weighted by Crippen LogP contribution is -2.37. The summed E-state index contributed by atoms with van der Waals surface area (Å²) in [5.41, 5.74) is 0.359. The van der Waals surface area contributed by atoms with Crippen LogP contribution in [0.1, 0.15) is 19.3 Å². The fourth-order valence-corrected chi connectivity index (χ4v) is 2.62. The summed E-state index contributed by atoms with van der Waals surface area (Å²) in [6.45, 7) is 4.37. The van der Waals surface area contributed by atoms with E-state index in [1.54, 1.807) is 0 Å². The topological polar surface area (TPSA) is 36.3 Å². The van der Waals surface area contributed by atoms with Crippen LogP contribution in [-0.2, 0) is 4.74 Å². The molecule has 2 rings (SSSR count). The first kappa shape index (κ1) is 9.46. The summed E-state index contributed by atoms with van der Waals surface area (Å²) in [4.78, 5) is 2.68. The number of rotatable bonds is 2. The van der Waals surface area contributed by atoms with Gasteiger partial charge in [0.2, 0.25) is 0 Å². The van der Waals surface area contributed by atoms with E-state index >= 15 is 0 Å². The number of halogens is 1. The molecule has 0 radical (unpaired) electrons. The van der Waals surface area contributed by atoms with Crippen molar-refractivity contribution in [1.82, 2.24) is 4.90 Å². The summed E-state index contributed by atoms with van der Waals surface area (Å²) in [6.07, 6.45) is 3.80. The molecule has 2 aliphatic rings. The molecule has 2 saturated heterocycles. The molecule has 0 amide bonds. The molecule has 4 heteroatoms. The number of fused-ring (bicyclic) bond motifs is 2. The Labute approximate surface area is 87.1 Å². The summed E-state index contributed by atoms with van der Waals surface area (Å²) in [7, 11) is 0. The highest BCUT2D eigenvalue weighted by Crippen LogP contribution is 2.39. The fraction of sp³-hybridized carbons (Fsp3) is 0.889. The van der Waals surface area contributed by atoms with Gasteiger partial charge in [0.15, 0.2) is 0 Å². The number of piperidine rings is 1. The molecule has 0 aromatic rings. The van der Waals surface area contributed by atoms with Gasteiger partial charge in [-0.25, -0.2) is 0 Å². The van der Waals surface area contributed by atoms with Crippen LogP contribution in [-0.4, -0.2) is 35.9 Å². The normalized spacial score (nSPS) is 37.5. The summed E-state index contributed by atoms with van der Waals surface area (Å²) in [5.74, 6) is 0. The quantitative estimate of drug-likeness (QED) is 0.596. The summed E-state index contributed by atoms with van der Waals surface area (Å²) < 4.78 is 5.28. The fourth-order valence-electron chi connectivity index (χ4n) is 2.51. The number of nitrogens with one attached hydrogen (secondary N) is 1. The molecular formula is C9H15BrN2O. The maximum absolute atomic E-state index is 7.17. The second-order valence-electron chi connectivity index (χ2n) is 4.19. The zero-order chi connectivity index (χ0) is 9.31. The van der Waals surface area contributed by atoms with E-state index in [0.29, 0.717) is 12.0 Å². The highest BCUT2D eigenvalue weighted by Gasteiger charge is 2.41. The Kier molecular flexibility index (Phi) is 2.60. The molecule has 2 bridgehead atoms. The van der Waals surface area contributed by atoms with Gasteiger partial charge in [-0.3, -0.25) is 5.41 Å². The van der Waals surface area contributed by atoms with Crippen molar-refractivity contribution < 1.29 is 4.74 Å². The van der Waals surface area contributed by atoms with Crippen molar-refractivity contribution in [3.05, 3.63) is 0 Å². The van der Waals surface area contributed by atoms with Crippen molar-refractivity contribution in [3.63, 3.8) is 0 Å². The molecule has 0 aliphatic carbocycles. The Bertz CT molecular complexity index is 218.